The first-order valence-electron chi connectivity index (χ1n) is 6.20. The van der Waals surface area contributed by atoms with Crippen LogP contribution >= 0.6 is 0 Å². The Hall–Kier alpha value is -1.16. The highest BCUT2D eigenvalue weighted by Crippen LogP contribution is 2.40. The average Bonchev–Trinajstić information content (AvgIpc) is 2.13. The first-order valence-corrected chi connectivity index (χ1v) is 6.20. The lowest BCUT2D eigenvalue weighted by Crippen LogP contribution is -2.36. The average molecular weight is 253 g/mol. The topological polar surface area (TPSA) is 63.4 Å². The largest absolute Gasteiger partial charge is 0.384 e. The first-order chi connectivity index (χ1) is 7.94. The molecule has 102 valence electrons. The molecule has 4 heteroatoms. The molecular weight excluding hydrogens is 230 g/mol. The zero-order valence-corrected chi connectivity index (χ0v) is 12.0. The monoisotopic (exact) mass is 253 g/mol. The normalized spacial score (nSPS) is 25.5. The minimum atomic E-state index is -0.836. The first kappa shape index (κ1) is 14.9. The summed E-state index contributed by atoms with van der Waals surface area (Å²) in [4.78, 5) is 10.7. The Morgan fingerprint density at radius 1 is 1.06 bits per heavy atom. The zero-order chi connectivity index (χ0) is 14.3. The van der Waals surface area contributed by atoms with Gasteiger partial charge in [0.1, 0.15) is 0 Å². The summed E-state index contributed by atoms with van der Waals surface area (Å²) in [6.45, 7) is 11.8. The molecule has 0 amide bonds. The second-order valence-electron chi connectivity index (χ2n) is 6.92. The van der Waals surface area contributed by atoms with E-state index in [1.807, 2.05) is 41.5 Å². The fourth-order valence-corrected chi connectivity index (χ4v) is 2.21. The number of aliphatic hydroxyl groups excluding tert-OH is 1. The summed E-state index contributed by atoms with van der Waals surface area (Å²) in [5.41, 5.74) is 0.907. The minimum absolute atomic E-state index is 0.279. The van der Waals surface area contributed by atoms with Crippen molar-refractivity contribution >= 4 is 0 Å². The molecule has 1 N–H and O–H groups in total. The Labute approximate surface area is 109 Å². The Kier molecular flexibility index (Phi) is 3.73. The van der Waals surface area contributed by atoms with E-state index in [4.69, 9.17) is 0 Å². The van der Waals surface area contributed by atoms with Crippen LogP contribution in [0.15, 0.2) is 23.3 Å². The van der Waals surface area contributed by atoms with Crippen molar-refractivity contribution < 1.29 is 10.0 Å². The highest BCUT2D eigenvalue weighted by atomic mass is 16.6. The van der Waals surface area contributed by atoms with Gasteiger partial charge in [-0.25, -0.2) is 0 Å². The van der Waals surface area contributed by atoms with Crippen LogP contribution in [0.3, 0.4) is 0 Å². The predicted molar refractivity (Wildman–Crippen MR) is 71.9 cm³/mol. The van der Waals surface area contributed by atoms with Gasteiger partial charge in [0.25, 0.3) is 0 Å². The van der Waals surface area contributed by atoms with Crippen molar-refractivity contribution in [1.82, 2.24) is 0 Å². The number of nitrogens with zero attached hydrogens (tertiary/aromatic N) is 1. The van der Waals surface area contributed by atoms with Gasteiger partial charge in [0, 0.05) is 4.92 Å². The lowest BCUT2D eigenvalue weighted by Gasteiger charge is -2.36. The molecule has 0 heterocycles. The smallest absolute Gasteiger partial charge is 0.250 e. The lowest BCUT2D eigenvalue weighted by molar-refractivity contribution is -0.497. The van der Waals surface area contributed by atoms with Gasteiger partial charge in [-0.2, -0.15) is 0 Å². The van der Waals surface area contributed by atoms with E-state index >= 15 is 0 Å². The maximum Gasteiger partial charge on any atom is 0.250 e. The van der Waals surface area contributed by atoms with Crippen molar-refractivity contribution in [2.24, 2.45) is 10.8 Å². The molecule has 0 unspecified atom stereocenters. The molecule has 18 heavy (non-hydrogen) atoms. The van der Waals surface area contributed by atoms with Gasteiger partial charge in [-0.1, -0.05) is 41.5 Å². The van der Waals surface area contributed by atoms with Gasteiger partial charge >= 0.3 is 0 Å². The van der Waals surface area contributed by atoms with Crippen molar-refractivity contribution in [3.05, 3.63) is 33.4 Å². The van der Waals surface area contributed by atoms with E-state index in [1.54, 1.807) is 12.2 Å². The van der Waals surface area contributed by atoms with E-state index in [2.05, 4.69) is 0 Å². The molecule has 0 atom stereocenters. The summed E-state index contributed by atoms with van der Waals surface area (Å²) in [5.74, 6) is 0. The number of aliphatic hydroxyl groups is 1. The molecule has 0 aromatic carbocycles. The Bertz CT molecular complexity index is 376. The van der Waals surface area contributed by atoms with E-state index < -0.39 is 12.1 Å². The molecule has 0 bridgehead atoms. The molecule has 1 aliphatic carbocycles. The van der Waals surface area contributed by atoms with Crippen molar-refractivity contribution in [2.45, 2.75) is 53.7 Å². The van der Waals surface area contributed by atoms with Gasteiger partial charge in [-0.3, -0.25) is 10.1 Å². The van der Waals surface area contributed by atoms with Crippen LogP contribution in [-0.4, -0.2) is 22.2 Å². The van der Waals surface area contributed by atoms with Gasteiger partial charge in [-0.15, -0.1) is 0 Å². The molecule has 0 radical (unpaired) electrons. The summed E-state index contributed by atoms with van der Waals surface area (Å²) in [6.07, 6.45) is 2.45. The molecule has 0 saturated carbocycles. The van der Waals surface area contributed by atoms with Gasteiger partial charge in [0.15, 0.2) is 0 Å². The third-order valence-electron chi connectivity index (χ3n) is 3.27. The van der Waals surface area contributed by atoms with Crippen LogP contribution in [0.1, 0.15) is 41.5 Å². The molecule has 0 fully saturated rings. The Morgan fingerprint density at radius 3 is 1.61 bits per heavy atom. The molecule has 0 aliphatic heterocycles. The maximum atomic E-state index is 11.0. The molecule has 4 nitrogen and oxygen atoms in total. The van der Waals surface area contributed by atoms with Crippen LogP contribution in [0.25, 0.3) is 0 Å². The SMILES string of the molecule is CC(C)(C)C1=CC([N+](=O)[O-])C=C(C(C)(C)C)C1O. The molecule has 1 rings (SSSR count). The third kappa shape index (κ3) is 2.99. The fourth-order valence-electron chi connectivity index (χ4n) is 2.21. The molecule has 0 saturated heterocycles. The summed E-state index contributed by atoms with van der Waals surface area (Å²) < 4.78 is 0. The van der Waals surface area contributed by atoms with Crippen LogP contribution in [0.4, 0.5) is 0 Å². The van der Waals surface area contributed by atoms with Crippen LogP contribution < -0.4 is 0 Å². The van der Waals surface area contributed by atoms with E-state index in [9.17, 15) is 15.2 Å². The predicted octanol–water partition coefficient (Wildman–Crippen LogP) is 2.95. The number of hydrogen-bond acceptors (Lipinski definition) is 3. The summed E-state index contributed by atoms with van der Waals surface area (Å²) >= 11 is 0. The van der Waals surface area contributed by atoms with Crippen LogP contribution in [0, 0.1) is 20.9 Å². The highest BCUT2D eigenvalue weighted by molar-refractivity contribution is 5.37. The maximum absolute atomic E-state index is 11.0. The second-order valence-corrected chi connectivity index (χ2v) is 6.92. The zero-order valence-electron chi connectivity index (χ0n) is 12.0. The van der Waals surface area contributed by atoms with Crippen molar-refractivity contribution in [3.8, 4) is 0 Å². The van der Waals surface area contributed by atoms with E-state index in [1.165, 1.54) is 0 Å². The van der Waals surface area contributed by atoms with Gasteiger partial charge in [0.2, 0.25) is 6.04 Å². The number of nitro groups is 1. The molecule has 0 spiro atoms. The summed E-state index contributed by atoms with van der Waals surface area (Å²) in [5, 5.41) is 21.5. The summed E-state index contributed by atoms with van der Waals surface area (Å²) in [7, 11) is 0. The van der Waals surface area contributed by atoms with Gasteiger partial charge in [0.05, 0.1) is 6.10 Å². The summed E-state index contributed by atoms with van der Waals surface area (Å²) in [6, 6.07) is -0.836. The van der Waals surface area contributed by atoms with Crippen molar-refractivity contribution in [1.29, 1.82) is 0 Å². The number of rotatable bonds is 1. The van der Waals surface area contributed by atoms with Crippen molar-refractivity contribution in [2.75, 3.05) is 0 Å². The van der Waals surface area contributed by atoms with Crippen LogP contribution in [0.2, 0.25) is 0 Å². The van der Waals surface area contributed by atoms with E-state index in [0.29, 0.717) is 0 Å². The molecule has 0 aromatic heterocycles. The number of hydrogen-bond donors (Lipinski definition) is 1. The second kappa shape index (κ2) is 4.50. The highest BCUT2D eigenvalue weighted by Gasteiger charge is 2.38. The minimum Gasteiger partial charge on any atom is -0.384 e. The van der Waals surface area contributed by atoms with Crippen LogP contribution in [0.5, 0.6) is 0 Å². The standard InChI is InChI=1S/C14H23NO3/c1-13(2,3)10-7-9(15(17)18)8-11(12(10)16)14(4,5)6/h7-9,12,16H,1-6H3. The molecule has 1 aliphatic rings. The molecular formula is C14H23NO3. The Morgan fingerprint density at radius 2 is 1.39 bits per heavy atom. The van der Waals surface area contributed by atoms with E-state index in [0.717, 1.165) is 11.1 Å². The quantitative estimate of drug-likeness (QED) is 0.444. The van der Waals surface area contributed by atoms with Crippen LogP contribution in [-0.2, 0) is 0 Å². The lowest BCUT2D eigenvalue weighted by atomic mass is 9.71. The van der Waals surface area contributed by atoms with Gasteiger partial charge < -0.3 is 5.11 Å². The van der Waals surface area contributed by atoms with E-state index in [-0.39, 0.29) is 15.8 Å². The third-order valence-corrected chi connectivity index (χ3v) is 3.27. The van der Waals surface area contributed by atoms with Gasteiger partial charge in [-0.05, 0) is 34.1 Å². The Balaban J connectivity index is 3.29. The molecule has 0 aromatic rings. The van der Waals surface area contributed by atoms with Crippen molar-refractivity contribution in [3.63, 3.8) is 0 Å². The fraction of sp³-hybridized carbons (Fsp3) is 0.714.